The Morgan fingerprint density at radius 1 is 1.00 bits per heavy atom. The van der Waals surface area contributed by atoms with Crippen LogP contribution in [0.3, 0.4) is 0 Å². The van der Waals surface area contributed by atoms with Gasteiger partial charge in [0.1, 0.15) is 5.82 Å². The maximum atomic E-state index is 12.9. The van der Waals surface area contributed by atoms with Gasteiger partial charge in [-0.15, -0.1) is 0 Å². The number of benzene rings is 2. The van der Waals surface area contributed by atoms with Crippen LogP contribution in [0.4, 0.5) is 4.39 Å². The summed E-state index contributed by atoms with van der Waals surface area (Å²) in [6.45, 7) is 3.14. The van der Waals surface area contributed by atoms with E-state index in [-0.39, 0.29) is 5.82 Å². The molecule has 1 unspecified atom stereocenters. The standard InChI is InChI=1S/C17H20FN/c1-14(16-8-10-17(18)11-9-16)19(2)13-12-15-6-4-3-5-7-15/h3-11,14H,12-13H2,1-2H3. The molecule has 2 rings (SSSR count). The van der Waals surface area contributed by atoms with Gasteiger partial charge in [0.05, 0.1) is 0 Å². The Labute approximate surface area is 114 Å². The molecule has 0 bridgehead atoms. The molecule has 0 saturated heterocycles. The lowest BCUT2D eigenvalue weighted by Crippen LogP contribution is -2.24. The van der Waals surface area contributed by atoms with Crippen LogP contribution in [0.15, 0.2) is 54.6 Å². The fourth-order valence-corrected chi connectivity index (χ4v) is 2.14. The molecule has 0 aromatic heterocycles. The van der Waals surface area contributed by atoms with Gasteiger partial charge >= 0.3 is 0 Å². The van der Waals surface area contributed by atoms with E-state index in [0.29, 0.717) is 6.04 Å². The minimum Gasteiger partial charge on any atom is -0.299 e. The van der Waals surface area contributed by atoms with Crippen molar-refractivity contribution in [2.75, 3.05) is 13.6 Å². The number of likely N-dealkylation sites (N-methyl/N-ethyl adjacent to an activating group) is 1. The molecule has 0 spiro atoms. The molecule has 1 nitrogen and oxygen atoms in total. The van der Waals surface area contributed by atoms with Gasteiger partial charge in [0.15, 0.2) is 0 Å². The number of nitrogens with zero attached hydrogens (tertiary/aromatic N) is 1. The summed E-state index contributed by atoms with van der Waals surface area (Å²) >= 11 is 0. The Balaban J connectivity index is 1.92. The van der Waals surface area contributed by atoms with E-state index < -0.39 is 0 Å². The molecule has 0 N–H and O–H groups in total. The van der Waals surface area contributed by atoms with Gasteiger partial charge in [0.2, 0.25) is 0 Å². The average Bonchev–Trinajstić information content (AvgIpc) is 2.46. The second kappa shape index (κ2) is 6.48. The summed E-state index contributed by atoms with van der Waals surface area (Å²) in [5.41, 5.74) is 2.50. The number of hydrogen-bond donors (Lipinski definition) is 0. The van der Waals surface area contributed by atoms with E-state index in [0.717, 1.165) is 18.5 Å². The van der Waals surface area contributed by atoms with E-state index >= 15 is 0 Å². The normalized spacial score (nSPS) is 12.6. The number of rotatable bonds is 5. The van der Waals surface area contributed by atoms with Crippen LogP contribution < -0.4 is 0 Å². The van der Waals surface area contributed by atoms with Gasteiger partial charge in [-0.05, 0) is 43.7 Å². The first kappa shape index (κ1) is 13.8. The SMILES string of the molecule is CC(c1ccc(F)cc1)N(C)CCc1ccccc1. The molecule has 0 amide bonds. The molecule has 2 aromatic carbocycles. The van der Waals surface area contributed by atoms with Crippen molar-refractivity contribution >= 4 is 0 Å². The molecule has 0 fully saturated rings. The van der Waals surface area contributed by atoms with Crippen LogP contribution in [-0.4, -0.2) is 18.5 Å². The first-order chi connectivity index (χ1) is 9.16. The molecule has 0 aliphatic rings. The predicted molar refractivity (Wildman–Crippen MR) is 77.6 cm³/mol. The molecule has 0 saturated carbocycles. The molecule has 0 aliphatic carbocycles. The van der Waals surface area contributed by atoms with Gasteiger partial charge in [0, 0.05) is 12.6 Å². The van der Waals surface area contributed by atoms with Gasteiger partial charge in [-0.25, -0.2) is 4.39 Å². The second-order valence-corrected chi connectivity index (χ2v) is 4.94. The zero-order valence-corrected chi connectivity index (χ0v) is 11.5. The Bertz CT molecular complexity index is 492. The molecule has 2 aromatic rings. The third kappa shape index (κ3) is 3.90. The Morgan fingerprint density at radius 2 is 1.63 bits per heavy atom. The number of halogens is 1. The zero-order valence-electron chi connectivity index (χ0n) is 11.5. The van der Waals surface area contributed by atoms with Crippen LogP contribution in [0, 0.1) is 5.82 Å². The Hall–Kier alpha value is -1.67. The fourth-order valence-electron chi connectivity index (χ4n) is 2.14. The number of hydrogen-bond acceptors (Lipinski definition) is 1. The van der Waals surface area contributed by atoms with Crippen LogP contribution in [0.25, 0.3) is 0 Å². The quantitative estimate of drug-likeness (QED) is 0.780. The third-order valence-corrected chi connectivity index (χ3v) is 3.61. The summed E-state index contributed by atoms with van der Waals surface area (Å²) in [4.78, 5) is 2.29. The van der Waals surface area contributed by atoms with Gasteiger partial charge in [-0.3, -0.25) is 4.90 Å². The smallest absolute Gasteiger partial charge is 0.123 e. The van der Waals surface area contributed by atoms with E-state index in [4.69, 9.17) is 0 Å². The van der Waals surface area contributed by atoms with Gasteiger partial charge in [-0.2, -0.15) is 0 Å². The van der Waals surface area contributed by atoms with E-state index in [9.17, 15) is 4.39 Å². The molecular formula is C17H20FN. The van der Waals surface area contributed by atoms with Crippen LogP contribution in [0.5, 0.6) is 0 Å². The highest BCUT2D eigenvalue weighted by atomic mass is 19.1. The maximum Gasteiger partial charge on any atom is 0.123 e. The van der Waals surface area contributed by atoms with Crippen molar-refractivity contribution in [2.24, 2.45) is 0 Å². The van der Waals surface area contributed by atoms with E-state index in [1.54, 1.807) is 0 Å². The van der Waals surface area contributed by atoms with E-state index in [2.05, 4.69) is 43.1 Å². The average molecular weight is 257 g/mol. The minimum atomic E-state index is -0.178. The van der Waals surface area contributed by atoms with Gasteiger partial charge in [-0.1, -0.05) is 42.5 Å². The lowest BCUT2D eigenvalue weighted by molar-refractivity contribution is 0.265. The molecule has 2 heteroatoms. The highest BCUT2D eigenvalue weighted by molar-refractivity contribution is 5.19. The largest absolute Gasteiger partial charge is 0.299 e. The Morgan fingerprint density at radius 3 is 2.26 bits per heavy atom. The van der Waals surface area contributed by atoms with Crippen molar-refractivity contribution in [3.05, 3.63) is 71.5 Å². The van der Waals surface area contributed by atoms with Crippen molar-refractivity contribution in [2.45, 2.75) is 19.4 Å². The van der Waals surface area contributed by atoms with Crippen molar-refractivity contribution in [1.82, 2.24) is 4.90 Å². The summed E-state index contributed by atoms with van der Waals surface area (Å²) in [6.07, 6.45) is 1.03. The monoisotopic (exact) mass is 257 g/mol. The van der Waals surface area contributed by atoms with Crippen LogP contribution >= 0.6 is 0 Å². The maximum absolute atomic E-state index is 12.9. The zero-order chi connectivity index (χ0) is 13.7. The third-order valence-electron chi connectivity index (χ3n) is 3.61. The first-order valence-corrected chi connectivity index (χ1v) is 6.66. The van der Waals surface area contributed by atoms with Crippen LogP contribution in [-0.2, 0) is 6.42 Å². The van der Waals surface area contributed by atoms with Crippen LogP contribution in [0.2, 0.25) is 0 Å². The topological polar surface area (TPSA) is 3.24 Å². The first-order valence-electron chi connectivity index (χ1n) is 6.66. The highest BCUT2D eigenvalue weighted by Gasteiger charge is 2.11. The van der Waals surface area contributed by atoms with E-state index in [1.807, 2.05) is 18.2 Å². The van der Waals surface area contributed by atoms with Crippen molar-refractivity contribution in [3.8, 4) is 0 Å². The molecule has 1 atom stereocenters. The summed E-state index contributed by atoms with van der Waals surface area (Å²) in [7, 11) is 2.11. The Kier molecular flexibility index (Phi) is 4.69. The van der Waals surface area contributed by atoms with Crippen molar-refractivity contribution in [1.29, 1.82) is 0 Å². The molecule has 100 valence electrons. The lowest BCUT2D eigenvalue weighted by Gasteiger charge is -2.25. The summed E-state index contributed by atoms with van der Waals surface area (Å²) < 4.78 is 12.9. The minimum absolute atomic E-state index is 0.178. The molecular weight excluding hydrogens is 237 g/mol. The fraction of sp³-hybridized carbons (Fsp3) is 0.294. The molecule has 0 aliphatic heterocycles. The highest BCUT2D eigenvalue weighted by Crippen LogP contribution is 2.19. The van der Waals surface area contributed by atoms with Crippen molar-refractivity contribution < 1.29 is 4.39 Å². The van der Waals surface area contributed by atoms with Gasteiger partial charge < -0.3 is 0 Å². The molecule has 0 heterocycles. The van der Waals surface area contributed by atoms with Gasteiger partial charge in [0.25, 0.3) is 0 Å². The van der Waals surface area contributed by atoms with Crippen LogP contribution in [0.1, 0.15) is 24.1 Å². The summed E-state index contributed by atoms with van der Waals surface area (Å²) in [6, 6.07) is 17.5. The molecule has 19 heavy (non-hydrogen) atoms. The second-order valence-electron chi connectivity index (χ2n) is 4.94. The molecule has 0 radical (unpaired) electrons. The van der Waals surface area contributed by atoms with E-state index in [1.165, 1.54) is 17.7 Å². The summed E-state index contributed by atoms with van der Waals surface area (Å²) in [5.74, 6) is -0.178. The predicted octanol–water partition coefficient (Wildman–Crippen LogP) is 4.06. The lowest BCUT2D eigenvalue weighted by atomic mass is 10.1. The van der Waals surface area contributed by atoms with Crippen molar-refractivity contribution in [3.63, 3.8) is 0 Å². The summed E-state index contributed by atoms with van der Waals surface area (Å²) in [5, 5.41) is 0.